The van der Waals surface area contributed by atoms with Crippen LogP contribution in [0.15, 0.2) is 30.5 Å². The number of aromatic nitrogens is 2. The Labute approximate surface area is 157 Å². The summed E-state index contributed by atoms with van der Waals surface area (Å²) in [5, 5.41) is 13.3. The number of hydrogen-bond donors (Lipinski definition) is 1. The van der Waals surface area contributed by atoms with Gasteiger partial charge in [-0.1, -0.05) is 12.1 Å². The maximum Gasteiger partial charge on any atom is 0.303 e. The van der Waals surface area contributed by atoms with Gasteiger partial charge in [0.25, 0.3) is 0 Å². The summed E-state index contributed by atoms with van der Waals surface area (Å²) < 4.78 is 14.9. The molecule has 0 bridgehead atoms. The molecule has 1 amide bonds. The molecule has 1 heterocycles. The Morgan fingerprint density at radius 2 is 2.07 bits per heavy atom. The predicted molar refractivity (Wildman–Crippen MR) is 97.4 cm³/mol. The number of hydrogen-bond acceptors (Lipinski definition) is 3. The Morgan fingerprint density at radius 3 is 2.78 bits per heavy atom. The number of benzene rings is 1. The van der Waals surface area contributed by atoms with E-state index in [0.717, 1.165) is 24.1 Å². The molecular formula is C20H24FN3O3. The number of halogens is 1. The van der Waals surface area contributed by atoms with Gasteiger partial charge >= 0.3 is 5.97 Å². The number of nitrogens with zero attached hydrogens (tertiary/aromatic N) is 3. The molecule has 2 aromatic rings. The van der Waals surface area contributed by atoms with E-state index in [0.29, 0.717) is 25.9 Å². The van der Waals surface area contributed by atoms with Crippen LogP contribution in [0.3, 0.4) is 0 Å². The normalized spacial score (nSPS) is 16.0. The van der Waals surface area contributed by atoms with Crippen LogP contribution in [0.25, 0.3) is 0 Å². The van der Waals surface area contributed by atoms with Crippen molar-refractivity contribution in [1.29, 1.82) is 0 Å². The SMILES string of the molecule is Cn1cc2c(n1)CC(C(=O)N(CCCC(=O)O)Cc1ccc(F)cc1)CC2. The molecule has 6 nitrogen and oxygen atoms in total. The summed E-state index contributed by atoms with van der Waals surface area (Å²) in [6.07, 6.45) is 4.59. The van der Waals surface area contributed by atoms with Crippen LogP contribution >= 0.6 is 0 Å². The van der Waals surface area contributed by atoms with Crippen molar-refractivity contribution in [2.75, 3.05) is 6.54 Å². The van der Waals surface area contributed by atoms with E-state index in [1.54, 1.807) is 21.7 Å². The third-order valence-electron chi connectivity index (χ3n) is 4.96. The highest BCUT2D eigenvalue weighted by molar-refractivity contribution is 5.79. The van der Waals surface area contributed by atoms with E-state index < -0.39 is 5.97 Å². The summed E-state index contributed by atoms with van der Waals surface area (Å²) in [6.45, 7) is 0.721. The van der Waals surface area contributed by atoms with E-state index in [-0.39, 0.29) is 24.1 Å². The zero-order valence-electron chi connectivity index (χ0n) is 15.4. The fourth-order valence-corrected chi connectivity index (χ4v) is 3.60. The molecule has 0 radical (unpaired) electrons. The van der Waals surface area contributed by atoms with E-state index in [4.69, 9.17) is 5.11 Å². The van der Waals surface area contributed by atoms with Gasteiger partial charge in [-0.2, -0.15) is 5.10 Å². The second kappa shape index (κ2) is 8.33. The second-order valence-electron chi connectivity index (χ2n) is 7.10. The first-order chi connectivity index (χ1) is 12.9. The van der Waals surface area contributed by atoms with E-state index in [2.05, 4.69) is 5.10 Å². The smallest absolute Gasteiger partial charge is 0.303 e. The summed E-state index contributed by atoms with van der Waals surface area (Å²) in [6, 6.07) is 6.06. The summed E-state index contributed by atoms with van der Waals surface area (Å²) in [7, 11) is 1.88. The Bertz CT molecular complexity index is 816. The Hall–Kier alpha value is -2.70. The number of carboxylic acid groups (broad SMARTS) is 1. The molecule has 1 aliphatic carbocycles. The monoisotopic (exact) mass is 373 g/mol. The molecule has 0 aliphatic heterocycles. The van der Waals surface area contributed by atoms with Gasteiger partial charge in [0.1, 0.15) is 5.82 Å². The van der Waals surface area contributed by atoms with Crippen molar-refractivity contribution in [3.05, 3.63) is 53.1 Å². The Kier molecular flexibility index (Phi) is 5.88. The minimum absolute atomic E-state index is 0.0148. The van der Waals surface area contributed by atoms with Gasteiger partial charge in [-0.05, 0) is 42.5 Å². The van der Waals surface area contributed by atoms with E-state index >= 15 is 0 Å². The van der Waals surface area contributed by atoms with Crippen molar-refractivity contribution >= 4 is 11.9 Å². The van der Waals surface area contributed by atoms with E-state index in [1.165, 1.54) is 17.7 Å². The molecule has 1 N–H and O–H groups in total. The molecule has 0 saturated heterocycles. The second-order valence-corrected chi connectivity index (χ2v) is 7.10. The zero-order chi connectivity index (χ0) is 19.4. The molecule has 3 rings (SSSR count). The Balaban J connectivity index is 1.71. The number of aryl methyl sites for hydroxylation is 2. The van der Waals surface area contributed by atoms with Crippen LogP contribution in [0, 0.1) is 11.7 Å². The first-order valence-electron chi connectivity index (χ1n) is 9.19. The van der Waals surface area contributed by atoms with Gasteiger partial charge in [0.2, 0.25) is 5.91 Å². The molecular weight excluding hydrogens is 349 g/mol. The molecule has 1 aromatic carbocycles. The zero-order valence-corrected chi connectivity index (χ0v) is 15.4. The third kappa shape index (κ3) is 4.93. The summed E-state index contributed by atoms with van der Waals surface area (Å²) in [4.78, 5) is 25.7. The van der Waals surface area contributed by atoms with Crippen LogP contribution in [0.4, 0.5) is 4.39 Å². The van der Waals surface area contributed by atoms with E-state index in [9.17, 15) is 14.0 Å². The number of carbonyl (C=O) groups excluding carboxylic acids is 1. The molecule has 1 atom stereocenters. The van der Waals surface area contributed by atoms with Gasteiger partial charge in [-0.15, -0.1) is 0 Å². The number of aliphatic carboxylic acids is 1. The highest BCUT2D eigenvalue weighted by atomic mass is 19.1. The number of rotatable bonds is 7. The molecule has 0 saturated carbocycles. The molecule has 27 heavy (non-hydrogen) atoms. The molecule has 0 fully saturated rings. The minimum Gasteiger partial charge on any atom is -0.481 e. The van der Waals surface area contributed by atoms with Crippen LogP contribution in [0.5, 0.6) is 0 Å². The molecule has 1 aliphatic rings. The first-order valence-corrected chi connectivity index (χ1v) is 9.19. The fourth-order valence-electron chi connectivity index (χ4n) is 3.60. The maximum atomic E-state index is 13.2. The molecule has 1 unspecified atom stereocenters. The first kappa shape index (κ1) is 19.1. The van der Waals surface area contributed by atoms with Gasteiger partial charge < -0.3 is 10.0 Å². The lowest BCUT2D eigenvalue weighted by atomic mass is 9.87. The summed E-state index contributed by atoms with van der Waals surface area (Å²) in [5.41, 5.74) is 2.99. The van der Waals surface area contributed by atoms with Crippen molar-refractivity contribution in [3.8, 4) is 0 Å². The van der Waals surface area contributed by atoms with E-state index in [1.807, 2.05) is 13.2 Å². The molecule has 1 aromatic heterocycles. The quantitative estimate of drug-likeness (QED) is 0.809. The molecule has 0 spiro atoms. The van der Waals surface area contributed by atoms with Gasteiger partial charge in [-0.25, -0.2) is 4.39 Å². The molecule has 144 valence electrons. The minimum atomic E-state index is -0.875. The lowest BCUT2D eigenvalue weighted by Gasteiger charge is -2.29. The van der Waals surface area contributed by atoms with Crippen LogP contribution < -0.4 is 0 Å². The highest BCUT2D eigenvalue weighted by Crippen LogP contribution is 2.26. The number of amides is 1. The average Bonchev–Trinajstić information content (AvgIpc) is 3.01. The number of carboxylic acids is 1. The van der Waals surface area contributed by atoms with Crippen molar-refractivity contribution in [2.45, 2.75) is 38.6 Å². The average molecular weight is 373 g/mol. The number of fused-ring (bicyclic) bond motifs is 1. The predicted octanol–water partition coefficient (Wildman–Crippen LogP) is 2.56. The van der Waals surface area contributed by atoms with Crippen LogP contribution in [0.2, 0.25) is 0 Å². The van der Waals surface area contributed by atoms with Crippen LogP contribution in [-0.2, 0) is 36.0 Å². The van der Waals surface area contributed by atoms with Gasteiger partial charge in [-0.3, -0.25) is 14.3 Å². The highest BCUT2D eigenvalue weighted by Gasteiger charge is 2.30. The van der Waals surface area contributed by atoms with Gasteiger partial charge in [0.05, 0.1) is 5.69 Å². The lowest BCUT2D eigenvalue weighted by molar-refractivity contribution is -0.139. The summed E-state index contributed by atoms with van der Waals surface area (Å²) >= 11 is 0. The largest absolute Gasteiger partial charge is 0.481 e. The third-order valence-corrected chi connectivity index (χ3v) is 4.96. The van der Waals surface area contributed by atoms with Gasteiger partial charge in [0.15, 0.2) is 0 Å². The van der Waals surface area contributed by atoms with Crippen molar-refractivity contribution in [2.24, 2.45) is 13.0 Å². The van der Waals surface area contributed by atoms with Crippen LogP contribution in [0.1, 0.15) is 36.1 Å². The van der Waals surface area contributed by atoms with Crippen LogP contribution in [-0.4, -0.2) is 38.2 Å². The Morgan fingerprint density at radius 1 is 1.33 bits per heavy atom. The lowest BCUT2D eigenvalue weighted by Crippen LogP contribution is -2.38. The standard InChI is InChI=1S/C20H24FN3O3/c1-23-13-16-7-6-15(11-18(16)22-23)20(27)24(10-2-3-19(25)26)12-14-4-8-17(21)9-5-14/h4-5,8-9,13,15H,2-3,6-7,10-12H2,1H3,(H,25,26). The maximum absolute atomic E-state index is 13.2. The topological polar surface area (TPSA) is 75.4 Å². The van der Waals surface area contributed by atoms with Crippen molar-refractivity contribution < 1.29 is 19.1 Å². The van der Waals surface area contributed by atoms with Crippen molar-refractivity contribution in [3.63, 3.8) is 0 Å². The number of carbonyl (C=O) groups is 2. The summed E-state index contributed by atoms with van der Waals surface area (Å²) in [5.74, 6) is -1.34. The van der Waals surface area contributed by atoms with Crippen molar-refractivity contribution in [1.82, 2.24) is 14.7 Å². The van der Waals surface area contributed by atoms with Gasteiger partial charge in [0, 0.05) is 45.1 Å². The fraction of sp³-hybridized carbons (Fsp3) is 0.450. The molecule has 7 heteroatoms.